The lowest BCUT2D eigenvalue weighted by atomic mass is 10.3. The molecule has 1 heterocycles. The van der Waals surface area contributed by atoms with Gasteiger partial charge in [0.2, 0.25) is 5.88 Å². The summed E-state index contributed by atoms with van der Waals surface area (Å²) in [5, 5.41) is 0. The predicted octanol–water partition coefficient (Wildman–Crippen LogP) is 2.62. The van der Waals surface area contributed by atoms with E-state index in [1.807, 2.05) is 0 Å². The second kappa shape index (κ2) is 3.67. The van der Waals surface area contributed by atoms with Gasteiger partial charge in [-0.1, -0.05) is 0 Å². The van der Waals surface area contributed by atoms with Crippen LogP contribution in [0.15, 0.2) is 11.2 Å². The molecule has 0 saturated heterocycles. The quantitative estimate of drug-likeness (QED) is 0.733. The van der Waals surface area contributed by atoms with Gasteiger partial charge in [-0.15, -0.1) is 11.8 Å². The van der Waals surface area contributed by atoms with Gasteiger partial charge in [0.05, 0.1) is 10.6 Å². The lowest BCUT2D eigenvalue weighted by molar-refractivity contribution is 0.281. The van der Waals surface area contributed by atoms with Crippen molar-refractivity contribution in [3.05, 3.63) is 12.0 Å². The Labute approximate surface area is 93.7 Å². The van der Waals surface area contributed by atoms with Crippen molar-refractivity contribution in [2.24, 2.45) is 0 Å². The molecule has 4 heteroatoms. The first-order chi connectivity index (χ1) is 7.38. The van der Waals surface area contributed by atoms with Crippen molar-refractivity contribution in [3.8, 4) is 5.88 Å². The molecule has 0 atom stereocenters. The molecule has 0 unspecified atom stereocenters. The Morgan fingerprint density at radius 1 is 1.27 bits per heavy atom. The van der Waals surface area contributed by atoms with Crippen molar-refractivity contribution in [1.82, 2.24) is 9.97 Å². The maximum atomic E-state index is 5.79. The number of rotatable bonds is 4. The molecule has 3 rings (SSSR count). The molecule has 0 aromatic carbocycles. The average molecular weight is 222 g/mol. The third kappa shape index (κ3) is 1.95. The third-order valence-corrected chi connectivity index (χ3v) is 3.56. The Balaban J connectivity index is 1.92. The zero-order valence-corrected chi connectivity index (χ0v) is 9.59. The van der Waals surface area contributed by atoms with Gasteiger partial charge >= 0.3 is 0 Å². The molecule has 2 saturated carbocycles. The summed E-state index contributed by atoms with van der Waals surface area (Å²) < 4.78 is 5.79. The van der Waals surface area contributed by atoms with E-state index in [9.17, 15) is 0 Å². The monoisotopic (exact) mass is 222 g/mol. The summed E-state index contributed by atoms with van der Waals surface area (Å²) in [7, 11) is 0. The number of ether oxygens (including phenoxy) is 1. The van der Waals surface area contributed by atoms with Gasteiger partial charge in [0, 0.05) is 5.92 Å². The van der Waals surface area contributed by atoms with Crippen LogP contribution in [0, 0.1) is 0 Å². The van der Waals surface area contributed by atoms with Gasteiger partial charge in [0.15, 0.2) is 0 Å². The van der Waals surface area contributed by atoms with E-state index >= 15 is 0 Å². The summed E-state index contributed by atoms with van der Waals surface area (Å²) in [5.41, 5.74) is 1.20. The molecule has 3 nitrogen and oxygen atoms in total. The third-order valence-electron chi connectivity index (χ3n) is 2.77. The Morgan fingerprint density at radius 3 is 2.67 bits per heavy atom. The molecule has 2 aliphatic carbocycles. The van der Waals surface area contributed by atoms with Gasteiger partial charge in [0.25, 0.3) is 0 Å². The van der Waals surface area contributed by atoms with Gasteiger partial charge < -0.3 is 4.74 Å². The Bertz CT molecular complexity index is 375. The van der Waals surface area contributed by atoms with Crippen LogP contribution in [-0.2, 0) is 0 Å². The van der Waals surface area contributed by atoms with Crippen molar-refractivity contribution < 1.29 is 4.74 Å². The molecule has 2 fully saturated rings. The normalized spacial score (nSPS) is 20.3. The van der Waals surface area contributed by atoms with Crippen molar-refractivity contribution in [2.75, 3.05) is 6.26 Å². The fraction of sp³-hybridized carbons (Fsp3) is 0.636. The van der Waals surface area contributed by atoms with Crippen LogP contribution >= 0.6 is 11.8 Å². The average Bonchev–Trinajstić information content (AvgIpc) is 3.11. The van der Waals surface area contributed by atoms with Gasteiger partial charge in [-0.3, -0.25) is 0 Å². The van der Waals surface area contributed by atoms with Crippen LogP contribution in [0.1, 0.15) is 37.3 Å². The second-order valence-electron chi connectivity index (χ2n) is 4.19. The van der Waals surface area contributed by atoms with Crippen LogP contribution in [0.3, 0.4) is 0 Å². The summed E-state index contributed by atoms with van der Waals surface area (Å²) in [6.45, 7) is 0. The van der Waals surface area contributed by atoms with Crippen LogP contribution in [0.2, 0.25) is 0 Å². The zero-order chi connectivity index (χ0) is 10.3. The molecule has 15 heavy (non-hydrogen) atoms. The summed E-state index contributed by atoms with van der Waals surface area (Å²) in [6, 6.07) is 0. The van der Waals surface area contributed by atoms with Gasteiger partial charge in [-0.05, 0) is 31.9 Å². The summed E-state index contributed by atoms with van der Waals surface area (Å²) in [4.78, 5) is 9.79. The number of nitrogens with zero attached hydrogens (tertiary/aromatic N) is 2. The van der Waals surface area contributed by atoms with Gasteiger partial charge in [0.1, 0.15) is 12.4 Å². The molecule has 0 spiro atoms. The minimum absolute atomic E-state index is 0.415. The van der Waals surface area contributed by atoms with Crippen LogP contribution in [0.25, 0.3) is 0 Å². The van der Waals surface area contributed by atoms with Crippen LogP contribution < -0.4 is 4.74 Å². The Hall–Kier alpha value is -0.770. The topological polar surface area (TPSA) is 35.0 Å². The molecular formula is C11H14N2OS. The largest absolute Gasteiger partial charge is 0.473 e. The van der Waals surface area contributed by atoms with E-state index in [1.54, 1.807) is 18.1 Å². The van der Waals surface area contributed by atoms with E-state index in [-0.39, 0.29) is 0 Å². The molecule has 0 N–H and O–H groups in total. The maximum absolute atomic E-state index is 5.79. The summed E-state index contributed by atoms with van der Waals surface area (Å²) in [5.74, 6) is 1.47. The smallest absolute Gasteiger partial charge is 0.231 e. The number of aromatic nitrogens is 2. The zero-order valence-electron chi connectivity index (χ0n) is 8.77. The van der Waals surface area contributed by atoms with Crippen molar-refractivity contribution in [1.29, 1.82) is 0 Å². The molecule has 1 aromatic rings. The van der Waals surface area contributed by atoms with Crippen molar-refractivity contribution in [2.45, 2.75) is 42.6 Å². The molecule has 2 aliphatic rings. The standard InChI is InChI=1S/C11H14N2OS/c1-15-10-9(7-2-3-7)12-6-13-11(10)14-8-4-5-8/h6-8H,2-5H2,1H3. The van der Waals surface area contributed by atoms with E-state index < -0.39 is 0 Å². The molecule has 80 valence electrons. The molecular weight excluding hydrogens is 208 g/mol. The van der Waals surface area contributed by atoms with Crippen molar-refractivity contribution >= 4 is 11.8 Å². The van der Waals surface area contributed by atoms with Crippen LogP contribution in [0.5, 0.6) is 5.88 Å². The summed E-state index contributed by atoms with van der Waals surface area (Å²) in [6.07, 6.45) is 9.03. The molecule has 0 amide bonds. The van der Waals surface area contributed by atoms with E-state index in [4.69, 9.17) is 4.74 Å². The highest BCUT2D eigenvalue weighted by Gasteiger charge is 2.31. The Kier molecular flexibility index (Phi) is 2.31. The number of hydrogen-bond acceptors (Lipinski definition) is 4. The van der Waals surface area contributed by atoms with E-state index in [2.05, 4.69) is 16.2 Å². The molecule has 0 aliphatic heterocycles. The Morgan fingerprint density at radius 2 is 2.07 bits per heavy atom. The highest BCUT2D eigenvalue weighted by atomic mass is 32.2. The fourth-order valence-corrected chi connectivity index (χ4v) is 2.34. The number of thioether (sulfide) groups is 1. The minimum Gasteiger partial charge on any atom is -0.473 e. The van der Waals surface area contributed by atoms with Gasteiger partial charge in [-0.25, -0.2) is 9.97 Å². The van der Waals surface area contributed by atoms with Crippen LogP contribution in [0.4, 0.5) is 0 Å². The van der Waals surface area contributed by atoms with Crippen molar-refractivity contribution in [3.63, 3.8) is 0 Å². The second-order valence-corrected chi connectivity index (χ2v) is 5.01. The lowest BCUT2D eigenvalue weighted by Gasteiger charge is -2.10. The minimum atomic E-state index is 0.415. The first kappa shape index (κ1) is 9.46. The van der Waals surface area contributed by atoms with Crippen LogP contribution in [-0.4, -0.2) is 22.3 Å². The molecule has 0 radical (unpaired) electrons. The fourth-order valence-electron chi connectivity index (χ4n) is 1.64. The highest BCUT2D eigenvalue weighted by molar-refractivity contribution is 7.98. The number of hydrogen-bond donors (Lipinski definition) is 0. The summed E-state index contributed by atoms with van der Waals surface area (Å²) >= 11 is 1.71. The molecule has 1 aromatic heterocycles. The van der Waals surface area contributed by atoms with E-state index in [0.29, 0.717) is 12.0 Å². The predicted molar refractivity (Wildman–Crippen MR) is 59.4 cm³/mol. The van der Waals surface area contributed by atoms with Gasteiger partial charge in [-0.2, -0.15) is 0 Å². The van der Waals surface area contributed by atoms with E-state index in [0.717, 1.165) is 10.8 Å². The first-order valence-corrected chi connectivity index (χ1v) is 6.66. The molecule has 0 bridgehead atoms. The lowest BCUT2D eigenvalue weighted by Crippen LogP contribution is -2.03. The highest BCUT2D eigenvalue weighted by Crippen LogP contribution is 2.45. The van der Waals surface area contributed by atoms with E-state index in [1.165, 1.54) is 31.4 Å². The SMILES string of the molecule is CSc1c(OC2CC2)ncnc1C1CC1. The maximum Gasteiger partial charge on any atom is 0.231 e. The first-order valence-electron chi connectivity index (χ1n) is 5.44.